The molecule has 0 N–H and O–H groups in total. The Morgan fingerprint density at radius 2 is 1.75 bits per heavy atom. The summed E-state index contributed by atoms with van der Waals surface area (Å²) in [5, 5.41) is 11.2. The average Bonchev–Trinajstić information content (AvgIpc) is 2.61. The highest BCUT2D eigenvalue weighted by atomic mass is 32.2. The maximum atomic E-state index is 12.6. The van der Waals surface area contributed by atoms with E-state index < -0.39 is 43.2 Å². The molecule has 0 aliphatic carbocycles. The molecular formula is C19H19NO7S. The Morgan fingerprint density at radius 1 is 1.11 bits per heavy atom. The standard InChI is InChI=1S/C19H19NO7S/c1-11-5-6-12(2)15(9-11)18(21)13(3)27-19(22)14-7-8-17(28(4,25)26)16(10-14)20(23)24/h5-10,13H,1-4H3/t13-/m1/s1. The van der Waals surface area contributed by atoms with Gasteiger partial charge < -0.3 is 4.74 Å². The van der Waals surface area contributed by atoms with Crippen LogP contribution in [0, 0.1) is 24.0 Å². The second kappa shape index (κ2) is 7.89. The van der Waals surface area contributed by atoms with Crippen LogP contribution in [0.4, 0.5) is 5.69 Å². The zero-order chi connectivity index (χ0) is 21.2. The topological polar surface area (TPSA) is 121 Å². The molecule has 9 heteroatoms. The van der Waals surface area contributed by atoms with Gasteiger partial charge in [0.15, 0.2) is 15.9 Å². The first-order valence-electron chi connectivity index (χ1n) is 8.22. The van der Waals surface area contributed by atoms with Crippen molar-refractivity contribution in [3.63, 3.8) is 0 Å². The van der Waals surface area contributed by atoms with Gasteiger partial charge in [0.1, 0.15) is 4.90 Å². The van der Waals surface area contributed by atoms with E-state index in [1.54, 1.807) is 19.1 Å². The Morgan fingerprint density at radius 3 is 2.32 bits per heavy atom. The molecule has 148 valence electrons. The molecule has 0 aliphatic heterocycles. The SMILES string of the molecule is Cc1ccc(C)c(C(=O)[C@@H](C)OC(=O)c2ccc(S(C)(=O)=O)c([N+](=O)[O-])c2)c1. The Hall–Kier alpha value is -3.07. The van der Waals surface area contributed by atoms with Gasteiger partial charge in [0.2, 0.25) is 5.78 Å². The second-order valence-electron chi connectivity index (χ2n) is 6.44. The molecule has 0 radical (unpaired) electrons. The number of ketones is 1. The molecule has 28 heavy (non-hydrogen) atoms. The lowest BCUT2D eigenvalue weighted by Gasteiger charge is -2.14. The van der Waals surface area contributed by atoms with E-state index in [4.69, 9.17) is 4.74 Å². The van der Waals surface area contributed by atoms with E-state index in [0.717, 1.165) is 35.6 Å². The molecule has 0 saturated heterocycles. The van der Waals surface area contributed by atoms with Crippen molar-refractivity contribution in [2.75, 3.05) is 6.26 Å². The van der Waals surface area contributed by atoms with E-state index in [0.29, 0.717) is 5.56 Å². The van der Waals surface area contributed by atoms with Crippen LogP contribution >= 0.6 is 0 Å². The van der Waals surface area contributed by atoms with Gasteiger partial charge in [-0.1, -0.05) is 17.7 Å². The highest BCUT2D eigenvalue weighted by Gasteiger charge is 2.26. The van der Waals surface area contributed by atoms with E-state index >= 15 is 0 Å². The zero-order valence-electron chi connectivity index (χ0n) is 15.8. The van der Waals surface area contributed by atoms with Crippen LogP contribution in [0.3, 0.4) is 0 Å². The van der Waals surface area contributed by atoms with E-state index in [1.165, 1.54) is 6.92 Å². The third-order valence-corrected chi connectivity index (χ3v) is 5.25. The molecule has 2 rings (SSSR count). The molecule has 2 aromatic carbocycles. The van der Waals surface area contributed by atoms with E-state index in [1.807, 2.05) is 13.0 Å². The van der Waals surface area contributed by atoms with Gasteiger partial charge in [-0.2, -0.15) is 0 Å². The van der Waals surface area contributed by atoms with Gasteiger partial charge in [0.05, 0.1) is 10.5 Å². The van der Waals surface area contributed by atoms with E-state index in [-0.39, 0.29) is 5.56 Å². The van der Waals surface area contributed by atoms with Crippen molar-refractivity contribution >= 4 is 27.3 Å². The van der Waals surface area contributed by atoms with Crippen molar-refractivity contribution in [2.45, 2.75) is 31.8 Å². The number of Topliss-reactive ketones (excluding diaryl/α,β-unsaturated/α-hetero) is 1. The van der Waals surface area contributed by atoms with Crippen molar-refractivity contribution < 1.29 is 27.7 Å². The highest BCUT2D eigenvalue weighted by molar-refractivity contribution is 7.90. The number of nitro benzene ring substituents is 1. The number of hydrogen-bond acceptors (Lipinski definition) is 7. The Bertz CT molecular complexity index is 1070. The predicted octanol–water partition coefficient (Wildman–Crippen LogP) is 3.04. The van der Waals surface area contributed by atoms with Crippen LogP contribution in [0.25, 0.3) is 0 Å². The van der Waals surface area contributed by atoms with Crippen LogP contribution < -0.4 is 0 Å². The fourth-order valence-corrected chi connectivity index (χ4v) is 3.43. The Kier molecular flexibility index (Phi) is 5.98. The predicted molar refractivity (Wildman–Crippen MR) is 101 cm³/mol. The van der Waals surface area contributed by atoms with Crippen LogP contribution in [0.1, 0.15) is 38.8 Å². The summed E-state index contributed by atoms with van der Waals surface area (Å²) in [6.07, 6.45) is -0.292. The lowest BCUT2D eigenvalue weighted by Crippen LogP contribution is -2.25. The number of aryl methyl sites for hydroxylation is 2. The fraction of sp³-hybridized carbons (Fsp3) is 0.263. The minimum atomic E-state index is -3.85. The molecule has 0 spiro atoms. The Labute approximate surface area is 162 Å². The number of nitrogens with zero attached hydrogens (tertiary/aromatic N) is 1. The number of carbonyl (C=O) groups is 2. The van der Waals surface area contributed by atoms with Gasteiger partial charge in [-0.15, -0.1) is 0 Å². The first kappa shape index (κ1) is 21.2. The van der Waals surface area contributed by atoms with Gasteiger partial charge in [-0.05, 0) is 44.5 Å². The van der Waals surface area contributed by atoms with Crippen molar-refractivity contribution in [3.05, 3.63) is 68.8 Å². The second-order valence-corrected chi connectivity index (χ2v) is 8.43. The first-order valence-corrected chi connectivity index (χ1v) is 10.1. The maximum absolute atomic E-state index is 12.6. The van der Waals surface area contributed by atoms with E-state index in [2.05, 4.69) is 0 Å². The summed E-state index contributed by atoms with van der Waals surface area (Å²) < 4.78 is 28.5. The number of esters is 1. The molecule has 0 amide bonds. The minimum absolute atomic E-state index is 0.222. The summed E-state index contributed by atoms with van der Waals surface area (Å²) in [4.78, 5) is 34.7. The molecule has 1 atom stereocenters. The molecule has 0 aliphatic rings. The molecule has 0 heterocycles. The molecule has 8 nitrogen and oxygen atoms in total. The number of nitro groups is 1. The molecule has 0 unspecified atom stereocenters. The van der Waals surface area contributed by atoms with Gasteiger partial charge in [0.25, 0.3) is 5.69 Å². The summed E-state index contributed by atoms with van der Waals surface area (Å²) in [7, 11) is -3.85. The van der Waals surface area contributed by atoms with Crippen molar-refractivity contribution in [1.29, 1.82) is 0 Å². The smallest absolute Gasteiger partial charge is 0.339 e. The average molecular weight is 405 g/mol. The lowest BCUT2D eigenvalue weighted by molar-refractivity contribution is -0.387. The van der Waals surface area contributed by atoms with Crippen molar-refractivity contribution in [3.8, 4) is 0 Å². The quantitative estimate of drug-likeness (QED) is 0.313. The van der Waals surface area contributed by atoms with Gasteiger partial charge in [0, 0.05) is 17.9 Å². The van der Waals surface area contributed by atoms with Crippen LogP contribution in [0.15, 0.2) is 41.3 Å². The molecule has 0 aromatic heterocycles. The third kappa shape index (κ3) is 4.61. The molecule has 0 saturated carbocycles. The zero-order valence-corrected chi connectivity index (χ0v) is 16.6. The van der Waals surface area contributed by atoms with E-state index in [9.17, 15) is 28.1 Å². The van der Waals surface area contributed by atoms with Gasteiger partial charge in [-0.25, -0.2) is 13.2 Å². The lowest BCUT2D eigenvalue weighted by atomic mass is 9.99. The minimum Gasteiger partial charge on any atom is -0.451 e. The van der Waals surface area contributed by atoms with Crippen LogP contribution in [-0.4, -0.2) is 37.5 Å². The molecular weight excluding hydrogens is 386 g/mol. The van der Waals surface area contributed by atoms with Crippen LogP contribution in [-0.2, 0) is 14.6 Å². The normalized spacial score (nSPS) is 12.3. The maximum Gasteiger partial charge on any atom is 0.339 e. The number of benzene rings is 2. The highest BCUT2D eigenvalue weighted by Crippen LogP contribution is 2.25. The summed E-state index contributed by atoms with van der Waals surface area (Å²) in [5.41, 5.74) is 1.06. The number of ether oxygens (including phenoxy) is 1. The molecule has 0 fully saturated rings. The third-order valence-electron chi connectivity index (χ3n) is 4.10. The summed E-state index contributed by atoms with van der Waals surface area (Å²) >= 11 is 0. The number of carbonyl (C=O) groups excluding carboxylic acids is 2. The van der Waals surface area contributed by atoms with Crippen LogP contribution in [0.2, 0.25) is 0 Å². The summed E-state index contributed by atoms with van der Waals surface area (Å²) in [6, 6.07) is 8.24. The largest absolute Gasteiger partial charge is 0.451 e. The first-order chi connectivity index (χ1) is 12.9. The molecule has 0 bridgehead atoms. The van der Waals surface area contributed by atoms with Crippen LogP contribution in [0.5, 0.6) is 0 Å². The van der Waals surface area contributed by atoms with Gasteiger partial charge >= 0.3 is 5.97 Å². The fourth-order valence-electron chi connectivity index (χ4n) is 2.60. The monoisotopic (exact) mass is 405 g/mol. The number of rotatable bonds is 6. The van der Waals surface area contributed by atoms with Crippen molar-refractivity contribution in [2.24, 2.45) is 0 Å². The summed E-state index contributed by atoms with van der Waals surface area (Å²) in [5.74, 6) is -1.37. The number of sulfone groups is 1. The summed E-state index contributed by atoms with van der Waals surface area (Å²) in [6.45, 7) is 4.99. The molecule has 2 aromatic rings. The Balaban J connectivity index is 2.29. The van der Waals surface area contributed by atoms with Crippen molar-refractivity contribution in [1.82, 2.24) is 0 Å². The van der Waals surface area contributed by atoms with Gasteiger partial charge in [-0.3, -0.25) is 14.9 Å². The number of hydrogen-bond donors (Lipinski definition) is 0.